The quantitative estimate of drug-likeness (QED) is 0.806. The van der Waals surface area contributed by atoms with Gasteiger partial charge in [0.15, 0.2) is 5.82 Å². The number of benzene rings is 1. The summed E-state index contributed by atoms with van der Waals surface area (Å²) < 4.78 is 10.1. The van der Waals surface area contributed by atoms with Crippen molar-refractivity contribution in [1.29, 1.82) is 0 Å². The van der Waals surface area contributed by atoms with E-state index in [0.717, 1.165) is 0 Å². The minimum Gasteiger partial charge on any atom is -0.495 e. The molecule has 1 aromatic heterocycles. The number of amides is 2. The van der Waals surface area contributed by atoms with E-state index in [4.69, 9.17) is 20.9 Å². The largest absolute Gasteiger partial charge is 0.495 e. The summed E-state index contributed by atoms with van der Waals surface area (Å²) in [4.78, 5) is 24.9. The first-order chi connectivity index (χ1) is 11.2. The highest BCUT2D eigenvalue weighted by Crippen LogP contribution is 2.30. The number of aromatic nitrogens is 1. The molecule has 0 atom stereocenters. The molecule has 0 saturated heterocycles. The highest BCUT2D eigenvalue weighted by Gasteiger charge is 2.37. The van der Waals surface area contributed by atoms with Crippen molar-refractivity contribution in [2.24, 2.45) is 5.41 Å². The summed E-state index contributed by atoms with van der Waals surface area (Å²) >= 11 is 5.94. The van der Waals surface area contributed by atoms with Crippen LogP contribution in [0.4, 0.5) is 11.5 Å². The number of methoxy groups -OCH3 is 1. The van der Waals surface area contributed by atoms with E-state index in [1.807, 2.05) is 0 Å². The molecule has 0 spiro atoms. The van der Waals surface area contributed by atoms with Crippen LogP contribution in [0, 0.1) is 12.3 Å². The Kier molecular flexibility index (Phi) is 5.14. The van der Waals surface area contributed by atoms with Gasteiger partial charge in [-0.3, -0.25) is 9.59 Å². The molecule has 0 aliphatic rings. The Labute approximate surface area is 144 Å². The van der Waals surface area contributed by atoms with Gasteiger partial charge in [0.2, 0.25) is 11.8 Å². The van der Waals surface area contributed by atoms with Crippen LogP contribution >= 0.6 is 11.6 Å². The monoisotopic (exact) mass is 351 g/mol. The summed E-state index contributed by atoms with van der Waals surface area (Å²) in [5.41, 5.74) is -0.978. The number of nitrogens with zero attached hydrogens (tertiary/aromatic N) is 1. The number of carbonyl (C=O) groups excluding carboxylic acids is 2. The Morgan fingerprint density at radius 1 is 1.21 bits per heavy atom. The van der Waals surface area contributed by atoms with Crippen LogP contribution < -0.4 is 15.4 Å². The Bertz CT molecular complexity index is 770. The lowest BCUT2D eigenvalue weighted by Gasteiger charge is -2.22. The average molecular weight is 352 g/mol. The average Bonchev–Trinajstić information content (AvgIpc) is 2.92. The number of ether oxygens (including phenoxy) is 1. The zero-order valence-electron chi connectivity index (χ0n) is 13.8. The second-order valence-electron chi connectivity index (χ2n) is 5.70. The molecule has 0 aliphatic carbocycles. The van der Waals surface area contributed by atoms with Crippen LogP contribution in [0.3, 0.4) is 0 Å². The summed E-state index contributed by atoms with van der Waals surface area (Å²) in [6, 6.07) is 6.38. The number of carbonyl (C=O) groups is 2. The van der Waals surface area contributed by atoms with Gasteiger partial charge in [0.05, 0.1) is 12.8 Å². The van der Waals surface area contributed by atoms with Crippen molar-refractivity contribution in [2.75, 3.05) is 17.7 Å². The minimum absolute atomic E-state index is 0.249. The molecule has 0 radical (unpaired) electrons. The van der Waals surface area contributed by atoms with Crippen molar-refractivity contribution >= 4 is 34.9 Å². The van der Waals surface area contributed by atoms with Crippen LogP contribution in [0.25, 0.3) is 0 Å². The zero-order chi connectivity index (χ0) is 17.9. The number of hydrogen-bond donors (Lipinski definition) is 2. The second kappa shape index (κ2) is 6.92. The van der Waals surface area contributed by atoms with Gasteiger partial charge in [-0.25, -0.2) is 0 Å². The maximum absolute atomic E-state index is 12.5. The Morgan fingerprint density at radius 2 is 1.88 bits per heavy atom. The van der Waals surface area contributed by atoms with Gasteiger partial charge in [-0.05, 0) is 39.0 Å². The van der Waals surface area contributed by atoms with Crippen molar-refractivity contribution in [2.45, 2.75) is 20.8 Å². The van der Waals surface area contributed by atoms with E-state index in [-0.39, 0.29) is 5.82 Å². The summed E-state index contributed by atoms with van der Waals surface area (Å²) in [7, 11) is 1.48. The molecule has 1 heterocycles. The third kappa shape index (κ3) is 3.86. The second-order valence-corrected chi connectivity index (χ2v) is 6.14. The fourth-order valence-electron chi connectivity index (χ4n) is 1.86. The standard InChI is InChI=1S/C16H18ClN3O4/c1-9-7-13(20-24-9)19-15(22)16(2,3)14(21)18-11-8-10(17)5-6-12(11)23-4/h5-8H,1-4H3,(H,18,21)(H,19,20,22). The van der Waals surface area contributed by atoms with Crippen molar-refractivity contribution < 1.29 is 18.8 Å². The van der Waals surface area contributed by atoms with Crippen LogP contribution in [0.2, 0.25) is 5.02 Å². The van der Waals surface area contributed by atoms with E-state index in [1.165, 1.54) is 21.0 Å². The molecule has 0 bridgehead atoms. The lowest BCUT2D eigenvalue weighted by Crippen LogP contribution is -2.41. The maximum atomic E-state index is 12.5. The SMILES string of the molecule is COc1ccc(Cl)cc1NC(=O)C(C)(C)C(=O)Nc1cc(C)on1. The minimum atomic E-state index is -1.36. The number of hydrogen-bond acceptors (Lipinski definition) is 5. The van der Waals surface area contributed by atoms with Crippen LogP contribution in [-0.2, 0) is 9.59 Å². The molecule has 0 fully saturated rings. The Balaban J connectivity index is 2.15. The van der Waals surface area contributed by atoms with E-state index < -0.39 is 17.2 Å². The molecule has 2 rings (SSSR count). The van der Waals surface area contributed by atoms with Crippen molar-refractivity contribution in [3.63, 3.8) is 0 Å². The number of aryl methyl sites for hydroxylation is 1. The predicted octanol–water partition coefficient (Wildman–Crippen LogP) is 3.25. The first-order valence-electron chi connectivity index (χ1n) is 7.14. The molecule has 128 valence electrons. The zero-order valence-corrected chi connectivity index (χ0v) is 14.5. The third-order valence-corrected chi connectivity index (χ3v) is 3.65. The van der Waals surface area contributed by atoms with E-state index in [0.29, 0.717) is 22.2 Å². The van der Waals surface area contributed by atoms with Gasteiger partial charge in [0, 0.05) is 11.1 Å². The van der Waals surface area contributed by atoms with Gasteiger partial charge < -0.3 is 19.9 Å². The number of rotatable bonds is 5. The van der Waals surface area contributed by atoms with Crippen molar-refractivity contribution in [1.82, 2.24) is 5.16 Å². The van der Waals surface area contributed by atoms with Gasteiger partial charge >= 0.3 is 0 Å². The first kappa shape index (κ1) is 17.8. The summed E-state index contributed by atoms with van der Waals surface area (Å²) in [6.07, 6.45) is 0. The summed E-state index contributed by atoms with van der Waals surface area (Å²) in [5.74, 6) is 0.209. The van der Waals surface area contributed by atoms with Crippen LogP contribution in [0.1, 0.15) is 19.6 Å². The Morgan fingerprint density at radius 3 is 2.46 bits per heavy atom. The number of anilines is 2. The van der Waals surface area contributed by atoms with Gasteiger partial charge in [0.1, 0.15) is 16.9 Å². The molecule has 0 saturated carbocycles. The lowest BCUT2D eigenvalue weighted by atomic mass is 9.91. The molecular weight excluding hydrogens is 334 g/mol. The molecular formula is C16H18ClN3O4. The molecule has 2 aromatic rings. The smallest absolute Gasteiger partial charge is 0.240 e. The van der Waals surface area contributed by atoms with Gasteiger partial charge in [0.25, 0.3) is 0 Å². The molecule has 0 unspecified atom stereocenters. The van der Waals surface area contributed by atoms with Crippen LogP contribution in [0.5, 0.6) is 5.75 Å². The molecule has 2 amide bonds. The van der Waals surface area contributed by atoms with Crippen molar-refractivity contribution in [3.8, 4) is 5.75 Å². The van der Waals surface area contributed by atoms with Crippen LogP contribution in [0.15, 0.2) is 28.8 Å². The fourth-order valence-corrected chi connectivity index (χ4v) is 2.03. The van der Waals surface area contributed by atoms with Crippen LogP contribution in [-0.4, -0.2) is 24.1 Å². The number of nitrogens with one attached hydrogen (secondary N) is 2. The topological polar surface area (TPSA) is 93.5 Å². The fraction of sp³-hybridized carbons (Fsp3) is 0.312. The highest BCUT2D eigenvalue weighted by atomic mass is 35.5. The normalized spacial score (nSPS) is 11.0. The molecule has 7 nitrogen and oxygen atoms in total. The van der Waals surface area contributed by atoms with E-state index in [2.05, 4.69) is 15.8 Å². The molecule has 8 heteroatoms. The summed E-state index contributed by atoms with van der Waals surface area (Å²) in [6.45, 7) is 4.70. The Hall–Kier alpha value is -2.54. The van der Waals surface area contributed by atoms with E-state index >= 15 is 0 Å². The van der Waals surface area contributed by atoms with E-state index in [9.17, 15) is 9.59 Å². The van der Waals surface area contributed by atoms with E-state index in [1.54, 1.807) is 31.2 Å². The first-order valence-corrected chi connectivity index (χ1v) is 7.51. The van der Waals surface area contributed by atoms with Gasteiger partial charge in [-0.15, -0.1) is 0 Å². The predicted molar refractivity (Wildman–Crippen MR) is 90.3 cm³/mol. The highest BCUT2D eigenvalue weighted by molar-refractivity contribution is 6.31. The maximum Gasteiger partial charge on any atom is 0.240 e. The number of halogens is 1. The summed E-state index contributed by atoms with van der Waals surface area (Å²) in [5, 5.41) is 9.32. The lowest BCUT2D eigenvalue weighted by molar-refractivity contribution is -0.135. The molecule has 24 heavy (non-hydrogen) atoms. The molecule has 0 aliphatic heterocycles. The van der Waals surface area contributed by atoms with Crippen molar-refractivity contribution in [3.05, 3.63) is 35.0 Å². The van der Waals surface area contributed by atoms with Gasteiger partial charge in [-0.1, -0.05) is 16.8 Å². The third-order valence-electron chi connectivity index (χ3n) is 3.41. The molecule has 2 N–H and O–H groups in total. The molecule has 1 aromatic carbocycles. The van der Waals surface area contributed by atoms with Gasteiger partial charge in [-0.2, -0.15) is 0 Å².